The zero-order chi connectivity index (χ0) is 13.8. The summed E-state index contributed by atoms with van der Waals surface area (Å²) in [5.74, 6) is 0.188. The lowest BCUT2D eigenvalue weighted by Crippen LogP contribution is -2.28. The topological polar surface area (TPSA) is 38.3 Å². The van der Waals surface area contributed by atoms with E-state index in [9.17, 15) is 4.79 Å². The van der Waals surface area contributed by atoms with Crippen LogP contribution in [0.25, 0.3) is 0 Å². The van der Waals surface area contributed by atoms with Crippen molar-refractivity contribution in [3.05, 3.63) is 29.8 Å². The largest absolute Gasteiger partial charge is 0.459 e. The van der Waals surface area contributed by atoms with Gasteiger partial charge in [0.1, 0.15) is 12.1 Å². The van der Waals surface area contributed by atoms with Crippen LogP contribution >= 0.6 is 0 Å². The van der Waals surface area contributed by atoms with E-state index in [1.54, 1.807) is 0 Å². The molecule has 18 heavy (non-hydrogen) atoms. The van der Waals surface area contributed by atoms with Gasteiger partial charge in [0.05, 0.1) is 0 Å². The fraction of sp³-hybridized carbons (Fsp3) is 0.533. The summed E-state index contributed by atoms with van der Waals surface area (Å²) in [6, 6.07) is 8.03. The van der Waals surface area contributed by atoms with E-state index in [4.69, 9.17) is 4.74 Å². The molecule has 0 atom stereocenters. The first-order valence-corrected chi connectivity index (χ1v) is 6.34. The molecule has 0 aliphatic heterocycles. The molecule has 0 heterocycles. The average Bonchev–Trinajstić information content (AvgIpc) is 2.24. The number of para-hydroxylation sites is 1. The third-order valence-electron chi connectivity index (χ3n) is 2.43. The monoisotopic (exact) mass is 249 g/mol. The molecule has 100 valence electrons. The standard InChI is InChI=1S/C15H23NO2/c1-11(2)12-8-6-7-9-13(12)16-10-14(17)18-15(3,4)5/h6-9,11,16H,10H2,1-5H3. The minimum atomic E-state index is -0.434. The summed E-state index contributed by atoms with van der Waals surface area (Å²) >= 11 is 0. The van der Waals surface area contributed by atoms with Gasteiger partial charge in [-0.15, -0.1) is 0 Å². The molecule has 0 spiro atoms. The molecule has 1 aromatic carbocycles. The maximum Gasteiger partial charge on any atom is 0.325 e. The lowest BCUT2D eigenvalue weighted by Gasteiger charge is -2.20. The number of nitrogens with one attached hydrogen (secondary N) is 1. The zero-order valence-electron chi connectivity index (χ0n) is 11.9. The zero-order valence-corrected chi connectivity index (χ0v) is 11.9. The molecular formula is C15H23NO2. The Morgan fingerprint density at radius 2 is 1.89 bits per heavy atom. The van der Waals surface area contributed by atoms with Gasteiger partial charge in [-0.25, -0.2) is 0 Å². The molecular weight excluding hydrogens is 226 g/mol. The van der Waals surface area contributed by atoms with Crippen LogP contribution in [0.15, 0.2) is 24.3 Å². The molecule has 0 aromatic heterocycles. The number of hydrogen-bond donors (Lipinski definition) is 1. The first-order chi connectivity index (χ1) is 8.29. The number of carbonyl (C=O) groups excluding carboxylic acids is 1. The second-order valence-corrected chi connectivity index (χ2v) is 5.68. The van der Waals surface area contributed by atoms with Gasteiger partial charge in [-0.3, -0.25) is 4.79 Å². The lowest BCUT2D eigenvalue weighted by molar-refractivity contribution is -0.152. The highest BCUT2D eigenvalue weighted by Gasteiger charge is 2.16. The van der Waals surface area contributed by atoms with Crippen molar-refractivity contribution in [2.24, 2.45) is 0 Å². The Morgan fingerprint density at radius 3 is 2.44 bits per heavy atom. The highest BCUT2D eigenvalue weighted by Crippen LogP contribution is 2.23. The number of hydrogen-bond acceptors (Lipinski definition) is 3. The van der Waals surface area contributed by atoms with Crippen molar-refractivity contribution in [1.82, 2.24) is 0 Å². The molecule has 0 saturated heterocycles. The second kappa shape index (κ2) is 5.89. The molecule has 3 nitrogen and oxygen atoms in total. The first kappa shape index (κ1) is 14.6. The lowest BCUT2D eigenvalue weighted by atomic mass is 10.0. The molecule has 0 bridgehead atoms. The quantitative estimate of drug-likeness (QED) is 0.829. The third-order valence-corrected chi connectivity index (χ3v) is 2.43. The fourth-order valence-electron chi connectivity index (χ4n) is 1.71. The van der Waals surface area contributed by atoms with Crippen LogP contribution in [0, 0.1) is 0 Å². The van der Waals surface area contributed by atoms with E-state index < -0.39 is 5.60 Å². The Kier molecular flexibility index (Phi) is 4.76. The Bertz CT molecular complexity index is 405. The molecule has 0 fully saturated rings. The van der Waals surface area contributed by atoms with Crippen LogP contribution in [0.5, 0.6) is 0 Å². The summed E-state index contributed by atoms with van der Waals surface area (Å²) in [6.45, 7) is 10.1. The van der Waals surface area contributed by atoms with Crippen LogP contribution in [-0.2, 0) is 9.53 Å². The number of anilines is 1. The number of esters is 1. The maximum atomic E-state index is 11.6. The van der Waals surface area contributed by atoms with Crippen molar-refractivity contribution in [3.8, 4) is 0 Å². The Hall–Kier alpha value is -1.51. The smallest absolute Gasteiger partial charge is 0.325 e. The SMILES string of the molecule is CC(C)c1ccccc1NCC(=O)OC(C)(C)C. The van der Waals surface area contributed by atoms with Crippen molar-refractivity contribution in [2.75, 3.05) is 11.9 Å². The van der Waals surface area contributed by atoms with Gasteiger partial charge in [0.15, 0.2) is 0 Å². The van der Waals surface area contributed by atoms with Crippen molar-refractivity contribution in [1.29, 1.82) is 0 Å². The van der Waals surface area contributed by atoms with Crippen LogP contribution in [0.1, 0.15) is 46.1 Å². The van der Waals surface area contributed by atoms with Crippen molar-refractivity contribution < 1.29 is 9.53 Å². The first-order valence-electron chi connectivity index (χ1n) is 6.34. The Balaban J connectivity index is 2.61. The summed E-state index contributed by atoms with van der Waals surface area (Å²) < 4.78 is 5.26. The molecule has 0 saturated carbocycles. The molecule has 0 aliphatic rings. The van der Waals surface area contributed by atoms with E-state index in [-0.39, 0.29) is 12.5 Å². The summed E-state index contributed by atoms with van der Waals surface area (Å²) in [7, 11) is 0. The molecule has 1 aromatic rings. The summed E-state index contributed by atoms with van der Waals surface area (Å²) in [4.78, 5) is 11.6. The molecule has 0 radical (unpaired) electrons. The van der Waals surface area contributed by atoms with E-state index >= 15 is 0 Å². The predicted molar refractivity (Wildman–Crippen MR) is 74.9 cm³/mol. The summed E-state index contributed by atoms with van der Waals surface area (Å²) in [6.07, 6.45) is 0. The van der Waals surface area contributed by atoms with Crippen LogP contribution < -0.4 is 5.32 Å². The molecule has 0 aliphatic carbocycles. The van der Waals surface area contributed by atoms with Crippen LogP contribution in [0.3, 0.4) is 0 Å². The van der Waals surface area contributed by atoms with E-state index in [0.717, 1.165) is 5.69 Å². The maximum absolute atomic E-state index is 11.6. The van der Waals surface area contributed by atoms with Gasteiger partial charge in [0, 0.05) is 5.69 Å². The Morgan fingerprint density at radius 1 is 1.28 bits per heavy atom. The van der Waals surface area contributed by atoms with E-state index in [0.29, 0.717) is 5.92 Å². The van der Waals surface area contributed by atoms with Crippen molar-refractivity contribution in [3.63, 3.8) is 0 Å². The Labute approximate surface area is 110 Å². The van der Waals surface area contributed by atoms with Gasteiger partial charge in [0.25, 0.3) is 0 Å². The second-order valence-electron chi connectivity index (χ2n) is 5.68. The highest BCUT2D eigenvalue weighted by molar-refractivity contribution is 5.75. The number of ether oxygens (including phenoxy) is 1. The molecule has 0 unspecified atom stereocenters. The third kappa shape index (κ3) is 4.78. The van der Waals surface area contributed by atoms with Crippen LogP contribution in [-0.4, -0.2) is 18.1 Å². The number of rotatable bonds is 4. The van der Waals surface area contributed by atoms with Gasteiger partial charge >= 0.3 is 5.97 Å². The summed E-state index contributed by atoms with van der Waals surface area (Å²) in [5.41, 5.74) is 1.77. The van der Waals surface area contributed by atoms with Crippen molar-refractivity contribution >= 4 is 11.7 Å². The molecule has 1 N–H and O–H groups in total. The van der Waals surface area contributed by atoms with Gasteiger partial charge in [-0.1, -0.05) is 32.0 Å². The fourth-order valence-corrected chi connectivity index (χ4v) is 1.71. The highest BCUT2D eigenvalue weighted by atomic mass is 16.6. The normalized spacial score (nSPS) is 11.4. The van der Waals surface area contributed by atoms with E-state index in [2.05, 4.69) is 25.2 Å². The van der Waals surface area contributed by atoms with Gasteiger partial charge in [-0.05, 0) is 38.3 Å². The summed E-state index contributed by atoms with van der Waals surface area (Å²) in [5, 5.41) is 3.14. The van der Waals surface area contributed by atoms with Gasteiger partial charge in [-0.2, -0.15) is 0 Å². The van der Waals surface area contributed by atoms with Crippen molar-refractivity contribution in [2.45, 2.75) is 46.1 Å². The minimum Gasteiger partial charge on any atom is -0.459 e. The van der Waals surface area contributed by atoms with Gasteiger partial charge < -0.3 is 10.1 Å². The van der Waals surface area contributed by atoms with E-state index in [1.165, 1.54) is 5.56 Å². The molecule has 3 heteroatoms. The minimum absolute atomic E-state index is 0.195. The molecule has 1 rings (SSSR count). The molecule has 0 amide bonds. The van der Waals surface area contributed by atoms with Crippen LogP contribution in [0.4, 0.5) is 5.69 Å². The predicted octanol–water partition coefficient (Wildman–Crippen LogP) is 3.56. The average molecular weight is 249 g/mol. The van der Waals surface area contributed by atoms with Crippen LogP contribution in [0.2, 0.25) is 0 Å². The number of benzene rings is 1. The number of carbonyl (C=O) groups is 1. The van der Waals surface area contributed by atoms with Gasteiger partial charge in [0.2, 0.25) is 0 Å². The van der Waals surface area contributed by atoms with E-state index in [1.807, 2.05) is 39.0 Å².